The largest absolute Gasteiger partial charge is 0.468 e. The lowest BCUT2D eigenvalue weighted by Crippen LogP contribution is -2.68. The number of ether oxygens (including phenoxy) is 5. The third kappa shape index (κ3) is 5.23. The Labute approximate surface area is 218 Å². The summed E-state index contributed by atoms with van der Waals surface area (Å²) in [5, 5.41) is 0. The van der Waals surface area contributed by atoms with Gasteiger partial charge in [-0.05, 0) is 64.4 Å². The summed E-state index contributed by atoms with van der Waals surface area (Å²) in [5.74, 6) is -3.09. The van der Waals surface area contributed by atoms with Crippen LogP contribution in [0.2, 0.25) is 0 Å². The number of hydrogen-bond acceptors (Lipinski definition) is 9. The number of carbonyl (C=O) groups is 4. The van der Waals surface area contributed by atoms with E-state index < -0.39 is 40.3 Å². The van der Waals surface area contributed by atoms with Crippen molar-refractivity contribution < 1.29 is 42.9 Å². The molecule has 1 aliphatic carbocycles. The van der Waals surface area contributed by atoms with E-state index >= 15 is 0 Å². The van der Waals surface area contributed by atoms with E-state index in [0.717, 1.165) is 12.0 Å². The van der Waals surface area contributed by atoms with Crippen molar-refractivity contribution in [1.29, 1.82) is 0 Å². The van der Waals surface area contributed by atoms with Gasteiger partial charge in [-0.1, -0.05) is 30.3 Å². The summed E-state index contributed by atoms with van der Waals surface area (Å²) in [6.45, 7) is 3.43. The van der Waals surface area contributed by atoms with Gasteiger partial charge in [0, 0.05) is 6.42 Å². The van der Waals surface area contributed by atoms with Crippen LogP contribution in [0.15, 0.2) is 30.3 Å². The second-order valence-electron chi connectivity index (χ2n) is 9.74. The second kappa shape index (κ2) is 12.1. The minimum atomic E-state index is -1.84. The van der Waals surface area contributed by atoms with E-state index in [9.17, 15) is 19.2 Å². The summed E-state index contributed by atoms with van der Waals surface area (Å²) < 4.78 is 27.6. The van der Waals surface area contributed by atoms with Crippen LogP contribution in [0.4, 0.5) is 0 Å². The van der Waals surface area contributed by atoms with Crippen molar-refractivity contribution in [2.75, 3.05) is 27.4 Å². The fourth-order valence-electron chi connectivity index (χ4n) is 6.01. The number of carbonyl (C=O) groups excluding carboxylic acids is 4. The highest BCUT2D eigenvalue weighted by Gasteiger charge is 2.73. The average molecular weight is 519 g/mol. The lowest BCUT2D eigenvalue weighted by molar-refractivity contribution is -0.248. The standard InChI is InChI=1S/C28H38O9/c1-5-35-22(29)26(23(30)36-6-2)17-18-28(24(31)33-3,25(32)34-4)27(19-26)16-10-13-21(37-27)15-14-20-11-8-7-9-12-20/h7-9,11-12,21H,5-6,10,13-19H2,1-4H3. The Kier molecular flexibility index (Phi) is 9.34. The maximum Gasteiger partial charge on any atom is 0.326 e. The molecule has 3 rings (SSSR count). The number of hydrogen-bond donors (Lipinski definition) is 0. The molecule has 2 fully saturated rings. The van der Waals surface area contributed by atoms with Crippen LogP contribution in [-0.2, 0) is 49.3 Å². The number of methoxy groups -OCH3 is 2. The van der Waals surface area contributed by atoms with Crippen LogP contribution in [0.5, 0.6) is 0 Å². The molecule has 1 saturated carbocycles. The van der Waals surface area contributed by atoms with E-state index in [1.807, 2.05) is 30.3 Å². The maximum absolute atomic E-state index is 13.4. The van der Waals surface area contributed by atoms with E-state index in [1.54, 1.807) is 13.8 Å². The number of rotatable bonds is 9. The SMILES string of the molecule is CCOC(=O)C1(C(=O)OCC)CCC(C(=O)OC)(C(=O)OC)C2(CCCC(CCc3ccccc3)O2)C1. The van der Waals surface area contributed by atoms with Gasteiger partial charge in [0.15, 0.2) is 10.8 Å². The molecular weight excluding hydrogens is 480 g/mol. The summed E-state index contributed by atoms with van der Waals surface area (Å²) in [6, 6.07) is 9.93. The van der Waals surface area contributed by atoms with E-state index in [0.29, 0.717) is 19.3 Å². The molecule has 0 bridgehead atoms. The summed E-state index contributed by atoms with van der Waals surface area (Å²) >= 11 is 0. The van der Waals surface area contributed by atoms with Crippen LogP contribution in [0, 0.1) is 10.8 Å². The van der Waals surface area contributed by atoms with Gasteiger partial charge >= 0.3 is 23.9 Å². The van der Waals surface area contributed by atoms with Crippen LogP contribution >= 0.6 is 0 Å². The molecule has 0 amide bonds. The normalized spacial score (nSPS) is 24.1. The lowest BCUT2D eigenvalue weighted by atomic mass is 9.53. The highest BCUT2D eigenvalue weighted by Crippen LogP contribution is 2.59. The molecule has 1 saturated heterocycles. The molecule has 1 aromatic rings. The zero-order chi connectivity index (χ0) is 27.1. The number of benzene rings is 1. The molecule has 2 unspecified atom stereocenters. The molecule has 2 atom stereocenters. The van der Waals surface area contributed by atoms with Gasteiger partial charge in [0.2, 0.25) is 0 Å². The van der Waals surface area contributed by atoms with Gasteiger partial charge in [-0.3, -0.25) is 19.2 Å². The molecule has 0 N–H and O–H groups in total. The summed E-state index contributed by atoms with van der Waals surface area (Å²) in [5.41, 5.74) is -3.96. The molecule has 204 valence electrons. The van der Waals surface area contributed by atoms with E-state index in [2.05, 4.69) is 0 Å². The van der Waals surface area contributed by atoms with Crippen molar-refractivity contribution >= 4 is 23.9 Å². The van der Waals surface area contributed by atoms with Crippen molar-refractivity contribution in [3.63, 3.8) is 0 Å². The fraction of sp³-hybridized carbons (Fsp3) is 0.643. The van der Waals surface area contributed by atoms with Gasteiger partial charge in [-0.2, -0.15) is 0 Å². The minimum Gasteiger partial charge on any atom is -0.468 e. The molecule has 1 aliphatic heterocycles. The van der Waals surface area contributed by atoms with Gasteiger partial charge < -0.3 is 23.7 Å². The zero-order valence-electron chi connectivity index (χ0n) is 22.2. The van der Waals surface area contributed by atoms with Crippen molar-refractivity contribution in [3.8, 4) is 0 Å². The fourth-order valence-corrected chi connectivity index (χ4v) is 6.01. The second-order valence-corrected chi connectivity index (χ2v) is 9.74. The van der Waals surface area contributed by atoms with Crippen LogP contribution in [0.3, 0.4) is 0 Å². The Morgan fingerprint density at radius 3 is 2.00 bits per heavy atom. The molecular formula is C28H38O9. The Hall–Kier alpha value is -2.94. The zero-order valence-corrected chi connectivity index (χ0v) is 22.2. The molecule has 1 spiro atoms. The molecule has 2 aliphatic rings. The quantitative estimate of drug-likeness (QED) is 0.275. The first-order valence-electron chi connectivity index (χ1n) is 13.0. The summed E-state index contributed by atoms with van der Waals surface area (Å²) in [6.07, 6.45) is 2.06. The Bertz CT molecular complexity index is 939. The monoisotopic (exact) mass is 518 g/mol. The third-order valence-electron chi connectivity index (χ3n) is 7.79. The van der Waals surface area contributed by atoms with E-state index in [4.69, 9.17) is 23.7 Å². The average Bonchev–Trinajstić information content (AvgIpc) is 2.92. The van der Waals surface area contributed by atoms with Gasteiger partial charge in [0.05, 0.1) is 39.1 Å². The van der Waals surface area contributed by atoms with Gasteiger partial charge in [-0.25, -0.2) is 0 Å². The van der Waals surface area contributed by atoms with Crippen molar-refractivity contribution in [2.24, 2.45) is 10.8 Å². The van der Waals surface area contributed by atoms with Gasteiger partial charge in [-0.15, -0.1) is 0 Å². The van der Waals surface area contributed by atoms with Crippen molar-refractivity contribution in [2.45, 2.75) is 76.9 Å². The van der Waals surface area contributed by atoms with Crippen molar-refractivity contribution in [1.82, 2.24) is 0 Å². The molecule has 1 heterocycles. The Morgan fingerprint density at radius 1 is 0.865 bits per heavy atom. The first-order valence-corrected chi connectivity index (χ1v) is 13.0. The van der Waals surface area contributed by atoms with Crippen molar-refractivity contribution in [3.05, 3.63) is 35.9 Å². The van der Waals surface area contributed by atoms with Crippen LogP contribution in [0.1, 0.15) is 64.4 Å². The first-order chi connectivity index (χ1) is 17.7. The maximum atomic E-state index is 13.4. The highest BCUT2D eigenvalue weighted by molar-refractivity contribution is 6.05. The Morgan fingerprint density at radius 2 is 1.46 bits per heavy atom. The van der Waals surface area contributed by atoms with Crippen LogP contribution < -0.4 is 0 Å². The lowest BCUT2D eigenvalue weighted by Gasteiger charge is -2.56. The summed E-state index contributed by atoms with van der Waals surface area (Å²) in [7, 11) is 2.41. The molecule has 9 heteroatoms. The van der Waals surface area contributed by atoms with E-state index in [1.165, 1.54) is 14.2 Å². The minimum absolute atomic E-state index is 0.0622. The molecule has 37 heavy (non-hydrogen) atoms. The number of esters is 4. The first kappa shape index (κ1) is 28.6. The molecule has 1 aromatic carbocycles. The predicted octanol–water partition coefficient (Wildman–Crippen LogP) is 3.56. The predicted molar refractivity (Wildman–Crippen MR) is 132 cm³/mol. The van der Waals surface area contributed by atoms with E-state index in [-0.39, 0.29) is 45.0 Å². The molecule has 9 nitrogen and oxygen atoms in total. The summed E-state index contributed by atoms with van der Waals surface area (Å²) in [4.78, 5) is 53.5. The smallest absolute Gasteiger partial charge is 0.326 e. The van der Waals surface area contributed by atoms with Gasteiger partial charge in [0.25, 0.3) is 0 Å². The topological polar surface area (TPSA) is 114 Å². The molecule has 0 radical (unpaired) electrons. The third-order valence-corrected chi connectivity index (χ3v) is 7.79. The van der Waals surface area contributed by atoms with Crippen LogP contribution in [0.25, 0.3) is 0 Å². The van der Waals surface area contributed by atoms with Crippen LogP contribution in [-0.4, -0.2) is 63.0 Å². The number of aryl methyl sites for hydroxylation is 1. The molecule has 0 aromatic heterocycles. The highest BCUT2D eigenvalue weighted by atomic mass is 16.6. The van der Waals surface area contributed by atoms with Gasteiger partial charge in [0.1, 0.15) is 0 Å². The Balaban J connectivity index is 2.08.